The van der Waals surface area contributed by atoms with Gasteiger partial charge in [-0.1, -0.05) is 13.8 Å². The highest BCUT2D eigenvalue weighted by molar-refractivity contribution is 5.82. The van der Waals surface area contributed by atoms with Crippen LogP contribution in [-0.4, -0.2) is 26.9 Å². The predicted molar refractivity (Wildman–Crippen MR) is 127 cm³/mol. The third-order valence-corrected chi connectivity index (χ3v) is 5.36. The molecule has 0 aliphatic carbocycles. The summed E-state index contributed by atoms with van der Waals surface area (Å²) >= 11 is 0. The Morgan fingerprint density at radius 2 is 1.94 bits per heavy atom. The first kappa shape index (κ1) is 22.4. The first-order chi connectivity index (χ1) is 15.8. The van der Waals surface area contributed by atoms with E-state index >= 15 is 0 Å². The number of Topliss-reactive ketones (excluding diaryl/α,β-unsaturated/α-hetero) is 1. The molecule has 0 amide bonds. The van der Waals surface area contributed by atoms with Gasteiger partial charge < -0.3 is 20.4 Å². The van der Waals surface area contributed by atoms with Crippen LogP contribution >= 0.6 is 0 Å². The van der Waals surface area contributed by atoms with E-state index in [1.54, 1.807) is 24.4 Å². The van der Waals surface area contributed by atoms with Gasteiger partial charge >= 0.3 is 0 Å². The Morgan fingerprint density at radius 1 is 1.15 bits per heavy atom. The van der Waals surface area contributed by atoms with Gasteiger partial charge in [-0.2, -0.15) is 0 Å². The van der Waals surface area contributed by atoms with Gasteiger partial charge in [-0.3, -0.25) is 9.78 Å². The van der Waals surface area contributed by atoms with Crippen LogP contribution in [0.5, 0.6) is 11.5 Å². The van der Waals surface area contributed by atoms with E-state index in [9.17, 15) is 9.18 Å². The molecule has 2 aromatic heterocycles. The van der Waals surface area contributed by atoms with Gasteiger partial charge in [-0.15, -0.1) is 0 Å². The average Bonchev–Trinajstić information content (AvgIpc) is 3.09. The number of carbonyl (C=O) groups is 1. The van der Waals surface area contributed by atoms with Gasteiger partial charge in [-0.25, -0.2) is 9.37 Å². The number of aromatic nitrogens is 3. The molecule has 0 aliphatic rings. The van der Waals surface area contributed by atoms with Crippen molar-refractivity contribution in [2.45, 2.75) is 26.2 Å². The number of hydrogen-bond acceptors (Lipinski definition) is 6. The van der Waals surface area contributed by atoms with E-state index in [0.717, 1.165) is 16.7 Å². The smallest absolute Gasteiger partial charge is 0.208 e. The highest BCUT2D eigenvalue weighted by Crippen LogP contribution is 2.29. The molecule has 0 spiro atoms. The third kappa shape index (κ3) is 5.01. The lowest BCUT2D eigenvalue weighted by molar-refractivity contribution is -0.117. The van der Waals surface area contributed by atoms with Crippen molar-refractivity contribution in [2.75, 3.05) is 11.9 Å². The van der Waals surface area contributed by atoms with Crippen molar-refractivity contribution in [2.24, 2.45) is 12.8 Å². The Bertz CT molecular complexity index is 1320. The van der Waals surface area contributed by atoms with Crippen LogP contribution in [-0.2, 0) is 18.3 Å². The number of pyridine rings is 1. The number of carbonyl (C=O) groups excluding carboxylic acids is 1. The minimum absolute atomic E-state index is 0.0177. The number of halogens is 1. The molecule has 0 bridgehead atoms. The second kappa shape index (κ2) is 9.38. The van der Waals surface area contributed by atoms with Crippen molar-refractivity contribution >= 4 is 28.5 Å². The molecule has 0 atom stereocenters. The number of benzene rings is 2. The predicted octanol–water partition coefficient (Wildman–Crippen LogP) is 4.84. The van der Waals surface area contributed by atoms with Crippen molar-refractivity contribution in [3.8, 4) is 11.5 Å². The maximum atomic E-state index is 14.0. The lowest BCUT2D eigenvalue weighted by atomic mass is 10.0. The summed E-state index contributed by atoms with van der Waals surface area (Å²) in [5.74, 6) is 1.60. The van der Waals surface area contributed by atoms with Crippen molar-refractivity contribution in [1.29, 1.82) is 0 Å². The molecule has 0 aliphatic heterocycles. The number of ether oxygens (including phenoxy) is 1. The summed E-state index contributed by atoms with van der Waals surface area (Å²) in [6, 6.07) is 14.1. The number of hydrogen-bond donors (Lipinski definition) is 2. The quantitative estimate of drug-likeness (QED) is 0.401. The molecular formula is C25H26FN5O2. The van der Waals surface area contributed by atoms with E-state index in [4.69, 9.17) is 10.5 Å². The number of nitrogens with two attached hydrogens (primary N) is 1. The van der Waals surface area contributed by atoms with Gasteiger partial charge in [-0.05, 0) is 47.9 Å². The van der Waals surface area contributed by atoms with E-state index in [0.29, 0.717) is 28.7 Å². The first-order valence-electron chi connectivity index (χ1n) is 10.7. The van der Waals surface area contributed by atoms with Gasteiger partial charge in [0.2, 0.25) is 5.95 Å². The number of nitrogens with zero attached hydrogens (tertiary/aromatic N) is 3. The first-order valence-corrected chi connectivity index (χ1v) is 10.7. The fourth-order valence-corrected chi connectivity index (χ4v) is 3.57. The maximum absolute atomic E-state index is 14.0. The number of nitrogens with one attached hydrogen (secondary N) is 1. The Labute approximate surface area is 191 Å². The van der Waals surface area contributed by atoms with Crippen LogP contribution in [0.15, 0.2) is 54.7 Å². The fraction of sp³-hybridized carbons (Fsp3) is 0.240. The SMILES string of the molecule is CC(C)c1cc(Nc2nc3cc(Oc4ccnc(CC(=O)CN)c4)ccc3n2C)ccc1F. The summed E-state index contributed by atoms with van der Waals surface area (Å²) in [5.41, 5.74) is 9.08. The molecule has 33 heavy (non-hydrogen) atoms. The number of aryl methyl sites for hydroxylation is 1. The highest BCUT2D eigenvalue weighted by Gasteiger charge is 2.12. The zero-order valence-electron chi connectivity index (χ0n) is 18.8. The summed E-state index contributed by atoms with van der Waals surface area (Å²) in [4.78, 5) is 20.5. The monoisotopic (exact) mass is 447 g/mol. The normalized spacial score (nSPS) is 11.2. The summed E-state index contributed by atoms with van der Waals surface area (Å²) in [5, 5.41) is 3.28. The van der Waals surface area contributed by atoms with Crippen molar-refractivity contribution in [1.82, 2.24) is 14.5 Å². The van der Waals surface area contributed by atoms with Crippen LogP contribution in [0, 0.1) is 5.82 Å². The fourth-order valence-electron chi connectivity index (χ4n) is 3.57. The van der Waals surface area contributed by atoms with Crippen molar-refractivity contribution in [3.63, 3.8) is 0 Å². The molecule has 8 heteroatoms. The number of imidazole rings is 1. The van der Waals surface area contributed by atoms with Crippen LogP contribution in [0.3, 0.4) is 0 Å². The van der Waals surface area contributed by atoms with Gasteiger partial charge in [0.25, 0.3) is 0 Å². The molecule has 0 saturated carbocycles. The van der Waals surface area contributed by atoms with Crippen molar-refractivity contribution < 1.29 is 13.9 Å². The molecular weight excluding hydrogens is 421 g/mol. The van der Waals surface area contributed by atoms with Gasteiger partial charge in [0.15, 0.2) is 5.78 Å². The van der Waals surface area contributed by atoms with Crippen LogP contribution in [0.2, 0.25) is 0 Å². The minimum Gasteiger partial charge on any atom is -0.457 e. The number of anilines is 2. The molecule has 0 unspecified atom stereocenters. The molecule has 4 rings (SSSR count). The van der Waals surface area contributed by atoms with Gasteiger partial charge in [0.1, 0.15) is 17.3 Å². The zero-order chi connectivity index (χ0) is 23.5. The molecule has 170 valence electrons. The van der Waals surface area contributed by atoms with Crippen LogP contribution in [0.4, 0.5) is 16.0 Å². The summed E-state index contributed by atoms with van der Waals surface area (Å²) < 4.78 is 21.9. The van der Waals surface area contributed by atoms with Crippen LogP contribution < -0.4 is 15.8 Å². The van der Waals surface area contributed by atoms with E-state index in [1.807, 2.05) is 49.7 Å². The molecule has 0 saturated heterocycles. The number of fused-ring (bicyclic) bond motifs is 1. The van der Waals surface area contributed by atoms with E-state index in [1.165, 1.54) is 6.07 Å². The van der Waals surface area contributed by atoms with Gasteiger partial charge in [0, 0.05) is 31.1 Å². The molecule has 0 radical (unpaired) electrons. The van der Waals surface area contributed by atoms with Crippen molar-refractivity contribution in [3.05, 3.63) is 71.8 Å². The van der Waals surface area contributed by atoms with E-state index in [-0.39, 0.29) is 30.5 Å². The van der Waals surface area contributed by atoms with E-state index < -0.39 is 0 Å². The second-order valence-electron chi connectivity index (χ2n) is 8.17. The summed E-state index contributed by atoms with van der Waals surface area (Å²) in [7, 11) is 1.91. The topological polar surface area (TPSA) is 95.1 Å². The highest BCUT2D eigenvalue weighted by atomic mass is 19.1. The zero-order valence-corrected chi connectivity index (χ0v) is 18.8. The lowest BCUT2D eigenvalue weighted by Crippen LogP contribution is -2.16. The largest absolute Gasteiger partial charge is 0.457 e. The molecule has 2 aromatic carbocycles. The van der Waals surface area contributed by atoms with E-state index in [2.05, 4.69) is 15.3 Å². The Morgan fingerprint density at radius 3 is 2.70 bits per heavy atom. The summed E-state index contributed by atoms with van der Waals surface area (Å²) in [6.07, 6.45) is 1.77. The molecule has 4 aromatic rings. The Hall–Kier alpha value is -3.78. The van der Waals surface area contributed by atoms with Crippen LogP contribution in [0.25, 0.3) is 11.0 Å². The molecule has 3 N–H and O–H groups in total. The van der Waals surface area contributed by atoms with Crippen LogP contribution in [0.1, 0.15) is 31.0 Å². The Balaban J connectivity index is 1.57. The standard InChI is InChI=1S/C25H26FN5O2/c1-15(2)21-12-16(4-6-22(21)26)29-25-30-23-13-19(5-7-24(23)31(25)3)33-20-8-9-28-17(11-20)10-18(32)14-27/h4-9,11-13,15H,10,14,27H2,1-3H3,(H,29,30). The van der Waals surface area contributed by atoms with Gasteiger partial charge in [0.05, 0.1) is 29.7 Å². The minimum atomic E-state index is -0.214. The molecule has 2 heterocycles. The second-order valence-corrected chi connectivity index (χ2v) is 8.17. The Kier molecular flexibility index (Phi) is 6.37. The summed E-state index contributed by atoms with van der Waals surface area (Å²) in [6.45, 7) is 3.90. The molecule has 7 nitrogen and oxygen atoms in total. The number of ketones is 1. The maximum Gasteiger partial charge on any atom is 0.208 e. The average molecular weight is 448 g/mol. The molecule has 0 fully saturated rings. The number of rotatable bonds is 8. The third-order valence-electron chi connectivity index (χ3n) is 5.36. The lowest BCUT2D eigenvalue weighted by Gasteiger charge is -2.11.